The number of anilines is 2. The molecule has 1 atom stereocenters. The summed E-state index contributed by atoms with van der Waals surface area (Å²) >= 11 is 0. The summed E-state index contributed by atoms with van der Waals surface area (Å²) in [4.78, 5) is 17.7. The monoisotopic (exact) mass is 405 g/mol. The van der Waals surface area contributed by atoms with Crippen LogP contribution >= 0.6 is 0 Å². The zero-order valence-corrected chi connectivity index (χ0v) is 17.3. The van der Waals surface area contributed by atoms with Gasteiger partial charge in [-0.25, -0.2) is 4.68 Å². The zero-order valence-electron chi connectivity index (χ0n) is 17.3. The average Bonchev–Trinajstić information content (AvgIpc) is 3.21. The third-order valence-electron chi connectivity index (χ3n) is 5.08. The third-order valence-corrected chi connectivity index (χ3v) is 5.08. The van der Waals surface area contributed by atoms with Crippen LogP contribution < -0.4 is 20.1 Å². The number of nitrogens with one attached hydrogen (secondary N) is 2. The molecule has 1 unspecified atom stereocenters. The number of nitrogens with zero attached hydrogens (tertiary/aromatic N) is 3. The lowest BCUT2D eigenvalue weighted by molar-refractivity contribution is -0.113. The number of aryl methyl sites for hydroxylation is 1. The van der Waals surface area contributed by atoms with Crippen LogP contribution in [0.25, 0.3) is 0 Å². The molecule has 1 amide bonds. The van der Waals surface area contributed by atoms with Crippen molar-refractivity contribution < 1.29 is 14.3 Å². The fraction of sp³-hybridized carbons (Fsp3) is 0.227. The molecule has 2 aromatic carbocycles. The molecule has 1 aliphatic rings. The molecule has 2 N–H and O–H groups in total. The highest BCUT2D eigenvalue weighted by atomic mass is 16.5. The van der Waals surface area contributed by atoms with Crippen molar-refractivity contribution in [2.45, 2.75) is 19.9 Å². The first-order valence-corrected chi connectivity index (χ1v) is 9.49. The highest BCUT2D eigenvalue weighted by Crippen LogP contribution is 2.40. The van der Waals surface area contributed by atoms with Crippen LogP contribution in [0.3, 0.4) is 0 Å². The van der Waals surface area contributed by atoms with Crippen LogP contribution in [0.15, 0.2) is 60.1 Å². The van der Waals surface area contributed by atoms with Gasteiger partial charge in [-0.1, -0.05) is 17.7 Å². The lowest BCUT2D eigenvalue weighted by atomic mass is 9.94. The van der Waals surface area contributed by atoms with Gasteiger partial charge >= 0.3 is 0 Å². The number of fused-ring (bicyclic) bond motifs is 1. The van der Waals surface area contributed by atoms with Crippen molar-refractivity contribution >= 4 is 17.5 Å². The maximum Gasteiger partial charge on any atom is 0.255 e. The van der Waals surface area contributed by atoms with Crippen molar-refractivity contribution in [3.05, 3.63) is 71.2 Å². The van der Waals surface area contributed by atoms with Gasteiger partial charge in [0.15, 0.2) is 0 Å². The Balaban J connectivity index is 1.82. The highest BCUT2D eigenvalue weighted by molar-refractivity contribution is 6.06. The first-order valence-electron chi connectivity index (χ1n) is 9.49. The zero-order chi connectivity index (χ0) is 21.3. The van der Waals surface area contributed by atoms with E-state index < -0.39 is 6.04 Å². The summed E-state index contributed by atoms with van der Waals surface area (Å²) in [5, 5.41) is 10.5. The van der Waals surface area contributed by atoms with E-state index in [0.29, 0.717) is 34.4 Å². The molecule has 154 valence electrons. The maximum absolute atomic E-state index is 13.4. The number of ether oxygens (including phenoxy) is 2. The van der Waals surface area contributed by atoms with Gasteiger partial charge in [0.25, 0.3) is 5.91 Å². The number of benzene rings is 2. The number of allylic oxidation sites excluding steroid dienone is 1. The summed E-state index contributed by atoms with van der Waals surface area (Å²) in [6.45, 7) is 3.85. The van der Waals surface area contributed by atoms with Crippen molar-refractivity contribution in [3.63, 3.8) is 0 Å². The van der Waals surface area contributed by atoms with Gasteiger partial charge in [0, 0.05) is 16.9 Å². The van der Waals surface area contributed by atoms with E-state index in [9.17, 15) is 4.79 Å². The van der Waals surface area contributed by atoms with Gasteiger partial charge in [0.05, 0.1) is 19.8 Å². The molecule has 0 saturated carbocycles. The molecule has 0 spiro atoms. The minimum Gasteiger partial charge on any atom is -0.497 e. The second kappa shape index (κ2) is 7.90. The Morgan fingerprint density at radius 3 is 2.57 bits per heavy atom. The Morgan fingerprint density at radius 1 is 1.10 bits per heavy atom. The lowest BCUT2D eigenvalue weighted by Crippen LogP contribution is -2.31. The minimum absolute atomic E-state index is 0.236. The third kappa shape index (κ3) is 3.47. The van der Waals surface area contributed by atoms with Crippen LogP contribution in [0, 0.1) is 6.92 Å². The van der Waals surface area contributed by atoms with Gasteiger partial charge in [0.2, 0.25) is 5.95 Å². The summed E-state index contributed by atoms with van der Waals surface area (Å²) in [5.74, 6) is 1.59. The topological polar surface area (TPSA) is 90.3 Å². The largest absolute Gasteiger partial charge is 0.497 e. The number of amides is 1. The number of hydrogen-bond donors (Lipinski definition) is 2. The molecule has 1 aliphatic heterocycles. The second-order valence-electron chi connectivity index (χ2n) is 7.02. The minimum atomic E-state index is -0.542. The molecule has 1 aromatic heterocycles. The SMILES string of the molecule is COc1ccc(OC)c(C2C(C(=O)Nc3ccc(C)cc3)=C(C)Nc3ncnn32)c1. The first-order chi connectivity index (χ1) is 14.5. The van der Waals surface area contributed by atoms with E-state index >= 15 is 0 Å². The van der Waals surface area contributed by atoms with E-state index in [2.05, 4.69) is 20.7 Å². The van der Waals surface area contributed by atoms with Crippen molar-refractivity contribution in [2.75, 3.05) is 24.9 Å². The van der Waals surface area contributed by atoms with Crippen LogP contribution in [0.1, 0.15) is 24.1 Å². The van der Waals surface area contributed by atoms with Gasteiger partial charge in [-0.2, -0.15) is 10.1 Å². The Labute approximate surface area is 174 Å². The molecular formula is C22H23N5O3. The number of aromatic nitrogens is 3. The van der Waals surface area contributed by atoms with Crippen LogP contribution in [0.2, 0.25) is 0 Å². The van der Waals surface area contributed by atoms with Crippen molar-refractivity contribution in [3.8, 4) is 11.5 Å². The summed E-state index contributed by atoms with van der Waals surface area (Å²) in [6, 6.07) is 12.6. The normalized spacial score (nSPS) is 15.3. The van der Waals surface area contributed by atoms with Crippen LogP contribution in [0.5, 0.6) is 11.5 Å². The first kappa shape index (κ1) is 19.5. The second-order valence-corrected chi connectivity index (χ2v) is 7.02. The quantitative estimate of drug-likeness (QED) is 0.675. The van der Waals surface area contributed by atoms with Crippen LogP contribution in [0.4, 0.5) is 11.6 Å². The molecule has 3 aromatic rings. The average molecular weight is 405 g/mol. The number of carbonyl (C=O) groups excluding carboxylic acids is 1. The Morgan fingerprint density at radius 2 is 1.87 bits per heavy atom. The van der Waals surface area contributed by atoms with Gasteiger partial charge in [-0.15, -0.1) is 0 Å². The Kier molecular flexibility index (Phi) is 5.14. The van der Waals surface area contributed by atoms with Crippen molar-refractivity contribution in [2.24, 2.45) is 0 Å². The number of hydrogen-bond acceptors (Lipinski definition) is 6. The molecule has 0 aliphatic carbocycles. The summed E-state index contributed by atoms with van der Waals surface area (Å²) < 4.78 is 12.7. The smallest absolute Gasteiger partial charge is 0.255 e. The Hall–Kier alpha value is -3.81. The maximum atomic E-state index is 13.4. The van der Waals surface area contributed by atoms with E-state index in [1.807, 2.05) is 56.3 Å². The van der Waals surface area contributed by atoms with Crippen molar-refractivity contribution in [1.82, 2.24) is 14.8 Å². The number of methoxy groups -OCH3 is 2. The van der Waals surface area contributed by atoms with E-state index in [0.717, 1.165) is 11.1 Å². The van der Waals surface area contributed by atoms with Gasteiger partial charge in [-0.05, 0) is 44.2 Å². The highest BCUT2D eigenvalue weighted by Gasteiger charge is 2.35. The lowest BCUT2D eigenvalue weighted by Gasteiger charge is -2.29. The van der Waals surface area contributed by atoms with Crippen molar-refractivity contribution in [1.29, 1.82) is 0 Å². The summed E-state index contributed by atoms with van der Waals surface area (Å²) in [5.41, 5.74) is 3.79. The predicted molar refractivity (Wildman–Crippen MR) is 114 cm³/mol. The molecule has 0 radical (unpaired) electrons. The molecule has 0 saturated heterocycles. The molecule has 2 heterocycles. The molecule has 0 bridgehead atoms. The number of carbonyl (C=O) groups is 1. The van der Waals surface area contributed by atoms with E-state index in [-0.39, 0.29) is 5.91 Å². The van der Waals surface area contributed by atoms with Gasteiger partial charge in [0.1, 0.15) is 23.9 Å². The fourth-order valence-corrected chi connectivity index (χ4v) is 3.56. The van der Waals surface area contributed by atoms with Gasteiger partial charge in [-0.3, -0.25) is 4.79 Å². The molecule has 8 nitrogen and oxygen atoms in total. The molecule has 8 heteroatoms. The molecule has 0 fully saturated rings. The summed E-state index contributed by atoms with van der Waals surface area (Å²) in [6.07, 6.45) is 1.45. The fourth-order valence-electron chi connectivity index (χ4n) is 3.56. The Bertz CT molecular complexity index is 1120. The van der Waals surface area contributed by atoms with Crippen LogP contribution in [-0.4, -0.2) is 34.9 Å². The van der Waals surface area contributed by atoms with E-state index in [1.54, 1.807) is 18.9 Å². The molecular weight excluding hydrogens is 382 g/mol. The number of rotatable bonds is 5. The molecule has 4 rings (SSSR count). The standard InChI is InChI=1S/C22H23N5O3/c1-13-5-7-15(8-6-13)26-21(28)19-14(2)25-22-23-12-24-27(22)20(19)17-11-16(29-3)9-10-18(17)30-4/h5-12,20H,1-4H3,(H,26,28)(H,23,24,25). The predicted octanol–water partition coefficient (Wildman–Crippen LogP) is 3.53. The van der Waals surface area contributed by atoms with E-state index in [1.165, 1.54) is 6.33 Å². The molecule has 30 heavy (non-hydrogen) atoms. The van der Waals surface area contributed by atoms with E-state index in [4.69, 9.17) is 9.47 Å². The summed E-state index contributed by atoms with van der Waals surface area (Å²) in [7, 11) is 3.19. The van der Waals surface area contributed by atoms with Crippen LogP contribution in [-0.2, 0) is 4.79 Å². The van der Waals surface area contributed by atoms with Gasteiger partial charge < -0.3 is 20.1 Å².